The van der Waals surface area contributed by atoms with Crippen molar-refractivity contribution in [1.29, 1.82) is 0 Å². The predicted molar refractivity (Wildman–Crippen MR) is 106 cm³/mol. The number of aryl methyl sites for hydroxylation is 1. The van der Waals surface area contributed by atoms with Gasteiger partial charge in [0.15, 0.2) is 5.65 Å². The molecule has 0 bridgehead atoms. The Morgan fingerprint density at radius 3 is 3.18 bits per heavy atom. The Kier molecular flexibility index (Phi) is 4.23. The van der Waals surface area contributed by atoms with Gasteiger partial charge in [-0.05, 0) is 55.2 Å². The summed E-state index contributed by atoms with van der Waals surface area (Å²) >= 11 is 0. The van der Waals surface area contributed by atoms with E-state index in [-0.39, 0.29) is 12.1 Å². The number of ether oxygens (including phenoxy) is 1. The second kappa shape index (κ2) is 7.03. The van der Waals surface area contributed by atoms with Crippen LogP contribution in [0.5, 0.6) is 5.75 Å². The SMILES string of the molecule is O=C(Nc1ccc2c(c1)CCCO2)N1CC[C@H](Nc2ccc3nccn3n2)C1. The van der Waals surface area contributed by atoms with E-state index in [0.717, 1.165) is 54.3 Å². The first-order valence-corrected chi connectivity index (χ1v) is 9.63. The summed E-state index contributed by atoms with van der Waals surface area (Å²) in [6.45, 7) is 2.12. The molecule has 0 aliphatic carbocycles. The van der Waals surface area contributed by atoms with Crippen molar-refractivity contribution in [2.75, 3.05) is 30.3 Å². The van der Waals surface area contributed by atoms with Crippen LogP contribution >= 0.6 is 0 Å². The zero-order chi connectivity index (χ0) is 18.9. The molecule has 2 aromatic heterocycles. The number of urea groups is 1. The minimum absolute atomic E-state index is 0.0704. The maximum atomic E-state index is 12.6. The van der Waals surface area contributed by atoms with E-state index >= 15 is 0 Å². The summed E-state index contributed by atoms with van der Waals surface area (Å²) in [7, 11) is 0. The highest BCUT2D eigenvalue weighted by Crippen LogP contribution is 2.28. The second-order valence-corrected chi connectivity index (χ2v) is 7.23. The molecule has 2 aliphatic rings. The Morgan fingerprint density at radius 2 is 2.21 bits per heavy atom. The summed E-state index contributed by atoms with van der Waals surface area (Å²) in [5, 5.41) is 10.9. The van der Waals surface area contributed by atoms with Gasteiger partial charge in [0.05, 0.1) is 6.61 Å². The van der Waals surface area contributed by atoms with Gasteiger partial charge in [-0.3, -0.25) is 0 Å². The van der Waals surface area contributed by atoms with E-state index in [0.29, 0.717) is 13.1 Å². The van der Waals surface area contributed by atoms with Crippen molar-refractivity contribution in [1.82, 2.24) is 19.5 Å². The van der Waals surface area contributed by atoms with Crippen molar-refractivity contribution in [3.05, 3.63) is 48.3 Å². The number of hydrogen-bond donors (Lipinski definition) is 2. The Labute approximate surface area is 162 Å². The first-order valence-electron chi connectivity index (χ1n) is 9.63. The minimum Gasteiger partial charge on any atom is -0.493 e. The van der Waals surface area contributed by atoms with Gasteiger partial charge >= 0.3 is 6.03 Å². The molecule has 8 nitrogen and oxygen atoms in total. The highest BCUT2D eigenvalue weighted by molar-refractivity contribution is 5.89. The van der Waals surface area contributed by atoms with E-state index in [1.54, 1.807) is 10.7 Å². The fourth-order valence-corrected chi connectivity index (χ4v) is 3.80. The van der Waals surface area contributed by atoms with Crippen LogP contribution in [-0.2, 0) is 6.42 Å². The van der Waals surface area contributed by atoms with E-state index in [1.807, 2.05) is 41.4 Å². The fourth-order valence-electron chi connectivity index (χ4n) is 3.80. The minimum atomic E-state index is -0.0704. The van der Waals surface area contributed by atoms with Gasteiger partial charge in [0, 0.05) is 37.2 Å². The summed E-state index contributed by atoms with van der Waals surface area (Å²) in [6, 6.07) is 9.81. The van der Waals surface area contributed by atoms with Crippen molar-refractivity contribution in [2.45, 2.75) is 25.3 Å². The van der Waals surface area contributed by atoms with Gasteiger partial charge in [0.25, 0.3) is 0 Å². The number of hydrogen-bond acceptors (Lipinski definition) is 5. The molecule has 1 fully saturated rings. The molecular formula is C20H22N6O2. The summed E-state index contributed by atoms with van der Waals surface area (Å²) in [5.41, 5.74) is 2.79. The van der Waals surface area contributed by atoms with Gasteiger partial charge in [-0.25, -0.2) is 14.3 Å². The number of anilines is 2. The molecule has 2 amide bonds. The van der Waals surface area contributed by atoms with Gasteiger partial charge in [-0.1, -0.05) is 0 Å². The predicted octanol–water partition coefficient (Wildman–Crippen LogP) is 2.77. The Balaban J connectivity index is 1.20. The number of rotatable bonds is 3. The molecule has 28 heavy (non-hydrogen) atoms. The lowest BCUT2D eigenvalue weighted by Gasteiger charge is -2.20. The van der Waals surface area contributed by atoms with Crippen LogP contribution in [0.4, 0.5) is 16.3 Å². The van der Waals surface area contributed by atoms with Crippen molar-refractivity contribution in [2.24, 2.45) is 0 Å². The van der Waals surface area contributed by atoms with Crippen molar-refractivity contribution in [3.8, 4) is 5.75 Å². The smallest absolute Gasteiger partial charge is 0.321 e. The van der Waals surface area contributed by atoms with E-state index in [9.17, 15) is 4.79 Å². The average Bonchev–Trinajstić information content (AvgIpc) is 3.37. The highest BCUT2D eigenvalue weighted by atomic mass is 16.5. The molecule has 8 heteroatoms. The largest absolute Gasteiger partial charge is 0.493 e. The normalized spacial score (nSPS) is 18.6. The molecule has 1 saturated heterocycles. The maximum Gasteiger partial charge on any atom is 0.321 e. The molecule has 0 saturated carbocycles. The van der Waals surface area contributed by atoms with Crippen LogP contribution in [-0.4, -0.2) is 51.3 Å². The van der Waals surface area contributed by atoms with Gasteiger partial charge in [-0.2, -0.15) is 0 Å². The molecule has 0 radical (unpaired) electrons. The van der Waals surface area contributed by atoms with E-state index in [1.165, 1.54) is 0 Å². The van der Waals surface area contributed by atoms with Crippen molar-refractivity contribution < 1.29 is 9.53 Å². The first kappa shape index (κ1) is 16.9. The van der Waals surface area contributed by atoms with Crippen molar-refractivity contribution >= 4 is 23.2 Å². The number of benzene rings is 1. The van der Waals surface area contributed by atoms with E-state index in [4.69, 9.17) is 4.74 Å². The zero-order valence-electron chi connectivity index (χ0n) is 15.5. The lowest BCUT2D eigenvalue weighted by molar-refractivity contribution is 0.222. The molecule has 144 valence electrons. The quantitative estimate of drug-likeness (QED) is 0.732. The number of nitrogens with zero attached hydrogens (tertiary/aromatic N) is 4. The van der Waals surface area contributed by atoms with Crippen LogP contribution in [0.15, 0.2) is 42.7 Å². The highest BCUT2D eigenvalue weighted by Gasteiger charge is 2.26. The van der Waals surface area contributed by atoms with Crippen LogP contribution < -0.4 is 15.4 Å². The topological polar surface area (TPSA) is 83.8 Å². The third-order valence-corrected chi connectivity index (χ3v) is 5.24. The van der Waals surface area contributed by atoms with Gasteiger partial charge in [0.2, 0.25) is 0 Å². The molecule has 4 heterocycles. The van der Waals surface area contributed by atoms with Crippen LogP contribution in [0.1, 0.15) is 18.4 Å². The summed E-state index contributed by atoms with van der Waals surface area (Å²) in [5.74, 6) is 1.71. The standard InChI is InChI=1S/C20H22N6O2/c27-20(23-15-3-4-17-14(12-15)2-1-11-28-17)25-9-7-16(13-25)22-18-5-6-19-21-8-10-26(19)24-18/h3-6,8,10,12,16H,1-2,7,9,11,13H2,(H,22,24)(H,23,27)/t16-/m0/s1. The number of carbonyl (C=O) groups excluding carboxylic acids is 1. The first-order chi connectivity index (χ1) is 13.7. The fraction of sp³-hybridized carbons (Fsp3) is 0.350. The van der Waals surface area contributed by atoms with Gasteiger partial charge in [0.1, 0.15) is 11.6 Å². The average molecular weight is 378 g/mol. The van der Waals surface area contributed by atoms with Crippen LogP contribution in [0.25, 0.3) is 5.65 Å². The molecule has 1 aromatic carbocycles. The van der Waals surface area contributed by atoms with E-state index in [2.05, 4.69) is 20.7 Å². The molecule has 3 aromatic rings. The molecule has 0 unspecified atom stereocenters. The Bertz CT molecular complexity index is 1020. The van der Waals surface area contributed by atoms with Gasteiger partial charge in [-0.15, -0.1) is 5.10 Å². The molecule has 0 spiro atoms. The third kappa shape index (κ3) is 3.33. The lowest BCUT2D eigenvalue weighted by Crippen LogP contribution is -2.35. The number of likely N-dealkylation sites (tertiary alicyclic amines) is 1. The number of aromatic nitrogens is 3. The second-order valence-electron chi connectivity index (χ2n) is 7.23. The molecule has 2 aliphatic heterocycles. The Hall–Kier alpha value is -3.29. The molecule has 2 N–H and O–H groups in total. The van der Waals surface area contributed by atoms with Crippen LogP contribution in [0.2, 0.25) is 0 Å². The molecular weight excluding hydrogens is 356 g/mol. The number of fused-ring (bicyclic) bond motifs is 2. The number of carbonyl (C=O) groups is 1. The van der Waals surface area contributed by atoms with Crippen LogP contribution in [0.3, 0.4) is 0 Å². The molecule has 5 rings (SSSR count). The lowest BCUT2D eigenvalue weighted by atomic mass is 10.1. The zero-order valence-corrected chi connectivity index (χ0v) is 15.5. The number of amides is 2. The monoisotopic (exact) mass is 378 g/mol. The maximum absolute atomic E-state index is 12.6. The number of nitrogens with one attached hydrogen (secondary N) is 2. The van der Waals surface area contributed by atoms with E-state index < -0.39 is 0 Å². The Morgan fingerprint density at radius 1 is 1.25 bits per heavy atom. The van der Waals surface area contributed by atoms with Crippen LogP contribution in [0, 0.1) is 0 Å². The summed E-state index contributed by atoms with van der Waals surface area (Å²) in [6.07, 6.45) is 6.43. The molecule has 1 atom stereocenters. The summed E-state index contributed by atoms with van der Waals surface area (Å²) in [4.78, 5) is 18.7. The van der Waals surface area contributed by atoms with Crippen molar-refractivity contribution in [3.63, 3.8) is 0 Å². The number of imidazole rings is 1. The van der Waals surface area contributed by atoms with Gasteiger partial charge < -0.3 is 20.3 Å². The summed E-state index contributed by atoms with van der Waals surface area (Å²) < 4.78 is 7.37. The third-order valence-electron chi connectivity index (χ3n) is 5.24.